The number of fused-ring (bicyclic) bond motifs is 1. The third-order valence-corrected chi connectivity index (χ3v) is 7.02. The van der Waals surface area contributed by atoms with Crippen molar-refractivity contribution in [2.45, 2.75) is 31.7 Å². The van der Waals surface area contributed by atoms with Crippen molar-refractivity contribution < 1.29 is 19.1 Å². The fourth-order valence-corrected chi connectivity index (χ4v) is 4.62. The van der Waals surface area contributed by atoms with E-state index in [-0.39, 0.29) is 29.7 Å². The van der Waals surface area contributed by atoms with Gasteiger partial charge in [-0.15, -0.1) is 0 Å². The number of anilines is 1. The van der Waals surface area contributed by atoms with Crippen LogP contribution in [0.4, 0.5) is 14.9 Å². The number of nitrogens with one attached hydrogen (secondary N) is 2. The summed E-state index contributed by atoms with van der Waals surface area (Å²) in [5.41, 5.74) is 4.14. The van der Waals surface area contributed by atoms with Crippen molar-refractivity contribution in [2.75, 3.05) is 5.32 Å². The predicted molar refractivity (Wildman–Crippen MR) is 147 cm³/mol. The van der Waals surface area contributed by atoms with Gasteiger partial charge in [0.15, 0.2) is 0 Å². The molecule has 0 spiro atoms. The van der Waals surface area contributed by atoms with E-state index < -0.39 is 11.9 Å². The second-order valence-electron chi connectivity index (χ2n) is 9.71. The molecule has 1 saturated carbocycles. The fourth-order valence-electron chi connectivity index (χ4n) is 4.62. The zero-order valence-electron chi connectivity index (χ0n) is 21.3. The Kier molecular flexibility index (Phi) is 6.65. The van der Waals surface area contributed by atoms with E-state index >= 15 is 0 Å². The number of para-hydroxylation sites is 2. The molecular weight excluding hydrogens is 511 g/mol. The van der Waals surface area contributed by atoms with E-state index in [1.54, 1.807) is 36.4 Å². The SMILES string of the molecule is O=C(Nc1ccc(O)c(-c2cc(C3CCC3)n(C(=O)NCc3ccc(F)cc3)n2)c1)c1cnc2ccccc2n1. The zero-order valence-corrected chi connectivity index (χ0v) is 21.3. The van der Waals surface area contributed by atoms with Gasteiger partial charge in [0.05, 0.1) is 28.6 Å². The van der Waals surface area contributed by atoms with Gasteiger partial charge in [0.1, 0.15) is 17.3 Å². The summed E-state index contributed by atoms with van der Waals surface area (Å²) in [4.78, 5) is 34.7. The zero-order chi connectivity index (χ0) is 27.6. The number of halogens is 1. The number of rotatable bonds is 6. The van der Waals surface area contributed by atoms with Crippen molar-refractivity contribution in [2.24, 2.45) is 0 Å². The number of carbonyl (C=O) groups is 2. The lowest BCUT2D eigenvalue weighted by atomic mass is 9.82. The van der Waals surface area contributed by atoms with Crippen molar-refractivity contribution in [3.8, 4) is 17.0 Å². The summed E-state index contributed by atoms with van der Waals surface area (Å²) in [6.07, 6.45) is 4.35. The molecule has 0 radical (unpaired) electrons. The number of amides is 2. The van der Waals surface area contributed by atoms with E-state index in [1.165, 1.54) is 29.1 Å². The summed E-state index contributed by atoms with van der Waals surface area (Å²) in [6, 6.07) is 19.2. The molecule has 3 N–H and O–H groups in total. The number of hydrogen-bond acceptors (Lipinski definition) is 6. The van der Waals surface area contributed by atoms with Crippen LogP contribution >= 0.6 is 0 Å². The molecule has 0 atom stereocenters. The van der Waals surface area contributed by atoms with Gasteiger partial charge in [-0.1, -0.05) is 30.7 Å². The Balaban J connectivity index is 1.25. The molecule has 0 aliphatic heterocycles. The molecule has 1 aliphatic rings. The topological polar surface area (TPSA) is 122 Å². The van der Waals surface area contributed by atoms with Crippen LogP contribution in [-0.4, -0.2) is 36.8 Å². The molecule has 1 aliphatic carbocycles. The van der Waals surface area contributed by atoms with E-state index in [0.29, 0.717) is 28.0 Å². The summed E-state index contributed by atoms with van der Waals surface area (Å²) in [5, 5.41) is 20.8. The first kappa shape index (κ1) is 25.2. The molecular formula is C30H25FN6O3. The average molecular weight is 537 g/mol. The van der Waals surface area contributed by atoms with Crippen LogP contribution in [0, 0.1) is 5.82 Å². The molecule has 40 heavy (non-hydrogen) atoms. The molecule has 6 rings (SSSR count). The van der Waals surface area contributed by atoms with Gasteiger partial charge in [0.2, 0.25) is 0 Å². The summed E-state index contributed by atoms with van der Waals surface area (Å²) in [6.45, 7) is 0.211. The van der Waals surface area contributed by atoms with Gasteiger partial charge in [-0.2, -0.15) is 9.78 Å². The molecule has 9 nitrogen and oxygen atoms in total. The third-order valence-electron chi connectivity index (χ3n) is 7.02. The molecule has 0 saturated heterocycles. The third kappa shape index (κ3) is 5.11. The van der Waals surface area contributed by atoms with Gasteiger partial charge in [-0.25, -0.2) is 14.2 Å². The van der Waals surface area contributed by atoms with E-state index in [9.17, 15) is 19.1 Å². The minimum absolute atomic E-state index is 0.0416. The van der Waals surface area contributed by atoms with Crippen LogP contribution < -0.4 is 10.6 Å². The van der Waals surface area contributed by atoms with Crippen molar-refractivity contribution in [3.63, 3.8) is 0 Å². The largest absolute Gasteiger partial charge is 0.507 e. The number of hydrogen-bond donors (Lipinski definition) is 3. The van der Waals surface area contributed by atoms with Gasteiger partial charge in [0.25, 0.3) is 5.91 Å². The molecule has 0 unspecified atom stereocenters. The first-order chi connectivity index (χ1) is 19.4. The smallest absolute Gasteiger partial charge is 0.342 e. The standard InChI is InChI=1S/C30H25FN6O3/c31-20-10-8-18(9-11-20)16-33-30(40)37-27(19-4-3-5-19)15-25(36-37)22-14-21(12-13-28(22)38)34-29(39)26-17-32-23-6-1-2-7-24(23)35-26/h1-2,6-15,17,19,38H,3-5,16H2,(H,33,40)(H,34,39). The highest BCUT2D eigenvalue weighted by Gasteiger charge is 2.27. The molecule has 3 aromatic carbocycles. The average Bonchev–Trinajstić information content (AvgIpc) is 3.36. The minimum atomic E-state index is -0.448. The van der Waals surface area contributed by atoms with Gasteiger partial charge in [-0.05, 0) is 66.9 Å². The van der Waals surface area contributed by atoms with Crippen LogP contribution in [0.1, 0.15) is 46.9 Å². The number of phenolic OH excluding ortho intramolecular Hbond substituents is 1. The lowest BCUT2D eigenvalue weighted by molar-refractivity contribution is 0.102. The Bertz CT molecular complexity index is 1730. The van der Waals surface area contributed by atoms with Gasteiger partial charge >= 0.3 is 6.03 Å². The van der Waals surface area contributed by atoms with E-state index in [2.05, 4.69) is 25.7 Å². The van der Waals surface area contributed by atoms with Crippen molar-refractivity contribution in [1.29, 1.82) is 0 Å². The molecule has 1 fully saturated rings. The fraction of sp³-hybridized carbons (Fsp3) is 0.167. The van der Waals surface area contributed by atoms with Crippen LogP contribution in [0.15, 0.2) is 79.0 Å². The molecule has 5 aromatic rings. The van der Waals surface area contributed by atoms with Crippen molar-refractivity contribution >= 4 is 28.7 Å². The van der Waals surface area contributed by atoms with Gasteiger partial charge < -0.3 is 15.7 Å². The van der Waals surface area contributed by atoms with Crippen LogP contribution in [0.3, 0.4) is 0 Å². The van der Waals surface area contributed by atoms with Crippen LogP contribution in [0.5, 0.6) is 5.75 Å². The summed E-state index contributed by atoms with van der Waals surface area (Å²) in [7, 11) is 0. The monoisotopic (exact) mass is 536 g/mol. The Morgan fingerprint density at radius 3 is 2.52 bits per heavy atom. The number of phenols is 1. The van der Waals surface area contributed by atoms with E-state index in [0.717, 1.165) is 30.5 Å². The van der Waals surface area contributed by atoms with E-state index in [4.69, 9.17) is 0 Å². The maximum atomic E-state index is 13.2. The number of aromatic nitrogens is 4. The molecule has 2 heterocycles. The maximum absolute atomic E-state index is 13.2. The van der Waals surface area contributed by atoms with Crippen molar-refractivity contribution in [1.82, 2.24) is 25.1 Å². The highest BCUT2D eigenvalue weighted by molar-refractivity contribution is 6.04. The quantitative estimate of drug-likeness (QED) is 0.242. The number of carbonyl (C=O) groups excluding carboxylic acids is 2. The lowest BCUT2D eigenvalue weighted by Gasteiger charge is -2.25. The molecule has 10 heteroatoms. The van der Waals surface area contributed by atoms with E-state index in [1.807, 2.05) is 18.2 Å². The van der Waals surface area contributed by atoms with Gasteiger partial charge in [0, 0.05) is 23.7 Å². The first-order valence-electron chi connectivity index (χ1n) is 12.9. The number of aromatic hydroxyl groups is 1. The minimum Gasteiger partial charge on any atom is -0.507 e. The normalized spacial score (nSPS) is 13.1. The Hall–Kier alpha value is -5.12. The predicted octanol–water partition coefficient (Wildman–Crippen LogP) is 5.62. The number of benzene rings is 3. The van der Waals surface area contributed by atoms with Crippen molar-refractivity contribution in [3.05, 3.63) is 102 Å². The maximum Gasteiger partial charge on any atom is 0.342 e. The van der Waals surface area contributed by atoms with Gasteiger partial charge in [-0.3, -0.25) is 9.78 Å². The molecule has 0 bridgehead atoms. The second kappa shape index (κ2) is 10.6. The van der Waals surface area contributed by atoms with Crippen LogP contribution in [-0.2, 0) is 6.54 Å². The van der Waals surface area contributed by atoms with Crippen LogP contribution in [0.2, 0.25) is 0 Å². The number of nitrogens with zero attached hydrogens (tertiary/aromatic N) is 4. The summed E-state index contributed by atoms with van der Waals surface area (Å²) in [5.74, 6) is -0.660. The highest BCUT2D eigenvalue weighted by Crippen LogP contribution is 2.39. The van der Waals surface area contributed by atoms with Crippen LogP contribution in [0.25, 0.3) is 22.3 Å². The summed E-state index contributed by atoms with van der Waals surface area (Å²) < 4.78 is 14.6. The molecule has 2 amide bonds. The second-order valence-corrected chi connectivity index (χ2v) is 9.71. The Morgan fingerprint density at radius 2 is 1.77 bits per heavy atom. The molecule has 2 aromatic heterocycles. The molecule has 200 valence electrons. The Labute approximate surface area is 228 Å². The summed E-state index contributed by atoms with van der Waals surface area (Å²) >= 11 is 0. The Morgan fingerprint density at radius 1 is 1.00 bits per heavy atom. The lowest BCUT2D eigenvalue weighted by Crippen LogP contribution is -2.31. The first-order valence-corrected chi connectivity index (χ1v) is 12.9. The highest BCUT2D eigenvalue weighted by atomic mass is 19.1.